The number of aromatic nitrogens is 2. The molecule has 8 heteroatoms. The van der Waals surface area contributed by atoms with Gasteiger partial charge in [0, 0.05) is 17.7 Å². The number of carbonyl (C=O) groups is 1. The summed E-state index contributed by atoms with van der Waals surface area (Å²) in [6, 6.07) is 9.91. The summed E-state index contributed by atoms with van der Waals surface area (Å²) in [5, 5.41) is 27.6. The van der Waals surface area contributed by atoms with Gasteiger partial charge in [-0.05, 0) is 52.7 Å². The van der Waals surface area contributed by atoms with Crippen LogP contribution < -0.4 is 4.74 Å². The molecule has 0 radical (unpaired) electrons. The van der Waals surface area contributed by atoms with E-state index < -0.39 is 6.04 Å². The average molecular weight is 444 g/mol. The Morgan fingerprint density at radius 2 is 2.04 bits per heavy atom. The quantitative estimate of drug-likeness (QED) is 0.568. The van der Waals surface area contributed by atoms with E-state index >= 15 is 0 Å². The molecule has 28 heavy (non-hydrogen) atoms. The van der Waals surface area contributed by atoms with Crippen molar-refractivity contribution in [2.45, 2.75) is 13.0 Å². The molecule has 1 aliphatic heterocycles. The zero-order valence-corrected chi connectivity index (χ0v) is 16.8. The van der Waals surface area contributed by atoms with Crippen LogP contribution in [-0.4, -0.2) is 44.9 Å². The lowest BCUT2D eigenvalue weighted by Crippen LogP contribution is -2.29. The van der Waals surface area contributed by atoms with E-state index in [1.165, 1.54) is 7.11 Å². The molecule has 1 aliphatic rings. The number of phenols is 2. The molecular formula is C20H18BrN3O4. The molecule has 2 aromatic carbocycles. The first kappa shape index (κ1) is 18.4. The summed E-state index contributed by atoms with van der Waals surface area (Å²) in [6.45, 7) is 2.38. The maximum Gasteiger partial charge on any atom is 0.273 e. The van der Waals surface area contributed by atoms with Gasteiger partial charge in [0.05, 0.1) is 17.6 Å². The molecule has 144 valence electrons. The van der Waals surface area contributed by atoms with Gasteiger partial charge in [-0.15, -0.1) is 0 Å². The molecule has 1 atom stereocenters. The maximum absolute atomic E-state index is 12.9. The molecule has 1 aromatic heterocycles. The lowest BCUT2D eigenvalue weighted by Gasteiger charge is -2.25. The van der Waals surface area contributed by atoms with E-state index in [0.29, 0.717) is 39.3 Å². The number of nitrogens with one attached hydrogen (secondary N) is 1. The van der Waals surface area contributed by atoms with Crippen LogP contribution >= 0.6 is 15.9 Å². The summed E-state index contributed by atoms with van der Waals surface area (Å²) in [4.78, 5) is 14.7. The van der Waals surface area contributed by atoms with Gasteiger partial charge in [-0.2, -0.15) is 5.10 Å². The van der Waals surface area contributed by atoms with Gasteiger partial charge in [0.1, 0.15) is 17.1 Å². The average Bonchev–Trinajstić information content (AvgIpc) is 3.23. The second-order valence-corrected chi connectivity index (χ2v) is 7.28. The standard InChI is InChI=1S/C20H18BrN3O4/c1-3-24-18(10-8-12(21)19(26)14(9-10)28-2)15-16(22-23-17(15)20(24)27)11-6-4-5-7-13(11)25/h4-9,18,25-26H,3H2,1-2H3,(H,22,23)/t18-/m1/s1. The Kier molecular flexibility index (Phi) is 4.50. The zero-order valence-electron chi connectivity index (χ0n) is 15.2. The molecule has 0 fully saturated rings. The molecule has 3 N–H and O–H groups in total. The molecule has 0 spiro atoms. The minimum atomic E-state index is -0.438. The number of amides is 1. The molecule has 7 nitrogen and oxygen atoms in total. The van der Waals surface area contributed by atoms with Crippen LogP contribution in [0.4, 0.5) is 0 Å². The lowest BCUT2D eigenvalue weighted by molar-refractivity contribution is 0.0753. The second-order valence-electron chi connectivity index (χ2n) is 6.43. The van der Waals surface area contributed by atoms with Gasteiger partial charge in [-0.3, -0.25) is 9.89 Å². The summed E-state index contributed by atoms with van der Waals surface area (Å²) in [6.07, 6.45) is 0. The van der Waals surface area contributed by atoms with E-state index in [-0.39, 0.29) is 17.4 Å². The number of fused-ring (bicyclic) bond motifs is 1. The highest BCUT2D eigenvalue weighted by Gasteiger charge is 2.42. The highest BCUT2D eigenvalue weighted by Crippen LogP contribution is 2.47. The molecule has 3 aromatic rings. The van der Waals surface area contributed by atoms with Crippen LogP contribution in [0.5, 0.6) is 17.2 Å². The predicted octanol–water partition coefficient (Wildman–Crippen LogP) is 3.82. The van der Waals surface area contributed by atoms with Gasteiger partial charge in [0.25, 0.3) is 5.91 Å². The minimum absolute atomic E-state index is 0.00744. The Morgan fingerprint density at radius 1 is 1.29 bits per heavy atom. The first-order valence-corrected chi connectivity index (χ1v) is 9.51. The number of hydrogen-bond acceptors (Lipinski definition) is 5. The third kappa shape index (κ3) is 2.63. The summed E-state index contributed by atoms with van der Waals surface area (Å²) in [7, 11) is 1.47. The van der Waals surface area contributed by atoms with Crippen molar-refractivity contribution in [2.75, 3.05) is 13.7 Å². The topological polar surface area (TPSA) is 98.7 Å². The van der Waals surface area contributed by atoms with E-state index in [9.17, 15) is 15.0 Å². The van der Waals surface area contributed by atoms with E-state index in [1.807, 2.05) is 6.92 Å². The lowest BCUT2D eigenvalue weighted by atomic mass is 9.95. The number of para-hydroxylation sites is 1. The molecule has 2 heterocycles. The minimum Gasteiger partial charge on any atom is -0.507 e. The molecule has 0 aliphatic carbocycles. The Balaban J connectivity index is 1.95. The molecule has 1 amide bonds. The van der Waals surface area contributed by atoms with Gasteiger partial charge in [-0.25, -0.2) is 0 Å². The van der Waals surface area contributed by atoms with Crippen LogP contribution in [-0.2, 0) is 0 Å². The predicted molar refractivity (Wildman–Crippen MR) is 107 cm³/mol. The van der Waals surface area contributed by atoms with E-state index in [2.05, 4.69) is 26.1 Å². The monoisotopic (exact) mass is 443 g/mol. The number of rotatable bonds is 4. The van der Waals surface area contributed by atoms with E-state index in [0.717, 1.165) is 5.56 Å². The van der Waals surface area contributed by atoms with Gasteiger partial charge in [0.2, 0.25) is 0 Å². The van der Waals surface area contributed by atoms with Crippen LogP contribution in [0.1, 0.15) is 34.6 Å². The number of methoxy groups -OCH3 is 1. The van der Waals surface area contributed by atoms with Crippen molar-refractivity contribution in [3.05, 3.63) is 57.7 Å². The van der Waals surface area contributed by atoms with Crippen molar-refractivity contribution in [3.8, 4) is 28.5 Å². The van der Waals surface area contributed by atoms with Gasteiger partial charge in [0.15, 0.2) is 11.5 Å². The number of H-pyrrole nitrogens is 1. The summed E-state index contributed by atoms with van der Waals surface area (Å²) >= 11 is 3.35. The number of benzene rings is 2. The first-order chi connectivity index (χ1) is 13.5. The molecule has 0 saturated heterocycles. The van der Waals surface area contributed by atoms with Crippen LogP contribution in [0.3, 0.4) is 0 Å². The molecule has 0 unspecified atom stereocenters. The number of nitrogens with zero attached hydrogens (tertiary/aromatic N) is 2. The third-order valence-corrected chi connectivity index (χ3v) is 5.55. The smallest absolute Gasteiger partial charge is 0.273 e. The summed E-state index contributed by atoms with van der Waals surface area (Å²) < 4.78 is 5.74. The number of aromatic amines is 1. The van der Waals surface area contributed by atoms with Gasteiger partial charge < -0.3 is 19.8 Å². The Labute approximate surface area is 169 Å². The SMILES string of the molecule is CCN1C(=O)c2[nH]nc(-c3ccccc3O)c2[C@H]1c1cc(Br)c(O)c(OC)c1. The molecular weight excluding hydrogens is 426 g/mol. The highest BCUT2D eigenvalue weighted by molar-refractivity contribution is 9.10. The van der Waals surface area contributed by atoms with Gasteiger partial charge in [-0.1, -0.05) is 12.1 Å². The molecule has 0 bridgehead atoms. The van der Waals surface area contributed by atoms with Crippen molar-refractivity contribution in [2.24, 2.45) is 0 Å². The summed E-state index contributed by atoms with van der Waals surface area (Å²) in [5.41, 5.74) is 2.90. The van der Waals surface area contributed by atoms with Gasteiger partial charge >= 0.3 is 0 Å². The van der Waals surface area contributed by atoms with Crippen molar-refractivity contribution < 1.29 is 19.7 Å². The van der Waals surface area contributed by atoms with Crippen LogP contribution in [0.15, 0.2) is 40.9 Å². The summed E-state index contributed by atoms with van der Waals surface area (Å²) in [5.74, 6) is 0.211. The Bertz CT molecular complexity index is 1080. The zero-order chi connectivity index (χ0) is 20.0. The number of hydrogen-bond donors (Lipinski definition) is 3. The number of ether oxygens (including phenoxy) is 1. The Hall–Kier alpha value is -3.00. The largest absolute Gasteiger partial charge is 0.507 e. The van der Waals surface area contributed by atoms with Crippen molar-refractivity contribution in [3.63, 3.8) is 0 Å². The van der Waals surface area contributed by atoms with Crippen LogP contribution in [0, 0.1) is 0 Å². The van der Waals surface area contributed by atoms with E-state index in [4.69, 9.17) is 4.74 Å². The molecule has 4 rings (SSSR count). The van der Waals surface area contributed by atoms with Crippen molar-refractivity contribution in [1.82, 2.24) is 15.1 Å². The Morgan fingerprint density at radius 3 is 2.71 bits per heavy atom. The molecule has 0 saturated carbocycles. The highest BCUT2D eigenvalue weighted by atomic mass is 79.9. The van der Waals surface area contributed by atoms with Crippen LogP contribution in [0.2, 0.25) is 0 Å². The number of halogens is 1. The maximum atomic E-state index is 12.9. The number of phenolic OH excluding ortho intramolecular Hbond substituents is 2. The van der Waals surface area contributed by atoms with Crippen molar-refractivity contribution >= 4 is 21.8 Å². The van der Waals surface area contributed by atoms with E-state index in [1.54, 1.807) is 41.3 Å². The van der Waals surface area contributed by atoms with Crippen LogP contribution in [0.25, 0.3) is 11.3 Å². The van der Waals surface area contributed by atoms with Crippen molar-refractivity contribution in [1.29, 1.82) is 0 Å². The first-order valence-electron chi connectivity index (χ1n) is 8.71. The fraction of sp³-hybridized carbons (Fsp3) is 0.200. The fourth-order valence-electron chi connectivity index (χ4n) is 3.66. The number of aromatic hydroxyl groups is 2. The normalized spacial score (nSPS) is 15.8. The fourth-order valence-corrected chi connectivity index (χ4v) is 4.12. The second kappa shape index (κ2) is 6.87. The number of carbonyl (C=O) groups excluding carboxylic acids is 1. The third-order valence-electron chi connectivity index (χ3n) is 4.95.